The van der Waals surface area contributed by atoms with Crippen LogP contribution in [0.25, 0.3) is 0 Å². The number of likely N-dealkylation sites (N-methyl/N-ethyl adjacent to an activating group) is 1. The van der Waals surface area contributed by atoms with Crippen LogP contribution in [0.1, 0.15) is 60.6 Å². The van der Waals surface area contributed by atoms with E-state index in [2.05, 4.69) is 24.1 Å². The van der Waals surface area contributed by atoms with Crippen molar-refractivity contribution in [3.63, 3.8) is 0 Å². The van der Waals surface area contributed by atoms with Crippen molar-refractivity contribution in [2.24, 2.45) is 5.92 Å². The van der Waals surface area contributed by atoms with Crippen molar-refractivity contribution in [3.05, 3.63) is 136 Å². The third-order valence-electron chi connectivity index (χ3n) is 9.51. The van der Waals surface area contributed by atoms with Crippen LogP contribution >= 0.6 is 38.6 Å². The number of anilines is 1. The summed E-state index contributed by atoms with van der Waals surface area (Å²) in [4.78, 5) is 33.4. The van der Waals surface area contributed by atoms with Crippen LogP contribution < -0.4 is 5.32 Å². The Bertz CT molecular complexity index is 1680. The maximum Gasteiger partial charge on any atom is 0.240 e. The van der Waals surface area contributed by atoms with Gasteiger partial charge in [-0.3, -0.25) is 14.5 Å². The average molecular weight is 690 g/mol. The molecule has 2 amide bonds. The predicted octanol–water partition coefficient (Wildman–Crippen LogP) is 7.20. The molecule has 2 aliphatic rings. The van der Waals surface area contributed by atoms with Crippen LogP contribution in [0.3, 0.4) is 0 Å². The van der Waals surface area contributed by atoms with Crippen molar-refractivity contribution in [1.82, 2.24) is 9.80 Å². The van der Waals surface area contributed by atoms with Gasteiger partial charge in [0.1, 0.15) is 5.41 Å². The largest absolute Gasteiger partial charge is 0.386 e. The molecule has 1 spiro atoms. The molecule has 2 N–H and O–H groups in total. The monoisotopic (exact) mass is 689 g/mol. The zero-order chi connectivity index (χ0) is 31.9. The number of hydrogen-bond donors (Lipinski definition) is 2. The maximum absolute atomic E-state index is 14.9. The number of carbonyl (C=O) groups excluding carboxylic acids is 2. The molecule has 0 aromatic heterocycles. The minimum atomic E-state index is -1.15. The summed E-state index contributed by atoms with van der Waals surface area (Å²) in [5.74, 6) is -0.660. The minimum Gasteiger partial charge on any atom is -0.386 e. The van der Waals surface area contributed by atoms with E-state index in [1.54, 1.807) is 25.1 Å². The van der Waals surface area contributed by atoms with Gasteiger partial charge in [-0.05, 0) is 46.7 Å². The highest BCUT2D eigenvalue weighted by Gasteiger charge is 2.70. The van der Waals surface area contributed by atoms with Gasteiger partial charge in [0.05, 0.1) is 18.2 Å². The van der Waals surface area contributed by atoms with E-state index in [0.717, 1.165) is 22.3 Å². The molecule has 6 nitrogen and oxygen atoms in total. The van der Waals surface area contributed by atoms with Crippen molar-refractivity contribution in [2.45, 2.75) is 55.8 Å². The quantitative estimate of drug-likeness (QED) is 0.205. The van der Waals surface area contributed by atoms with E-state index in [-0.39, 0.29) is 44.7 Å². The molecule has 47 heavy (non-hydrogen) atoms. The lowest BCUT2D eigenvalue weighted by molar-refractivity contribution is -0.136. The first kappa shape index (κ1) is 36.6. The number of aliphatic hydroxyl groups excluding tert-OH is 1. The van der Waals surface area contributed by atoms with E-state index in [1.165, 1.54) is 0 Å². The van der Waals surface area contributed by atoms with E-state index in [4.69, 9.17) is 11.6 Å². The third kappa shape index (κ3) is 6.34. The lowest BCUT2D eigenvalue weighted by atomic mass is 9.63. The topological polar surface area (TPSA) is 72.9 Å². The van der Waals surface area contributed by atoms with Gasteiger partial charge in [0.2, 0.25) is 11.8 Å². The fourth-order valence-electron chi connectivity index (χ4n) is 7.79. The van der Waals surface area contributed by atoms with Crippen LogP contribution in [-0.2, 0) is 15.0 Å². The number of hydrogen-bond acceptors (Lipinski definition) is 4. The van der Waals surface area contributed by atoms with E-state index in [0.29, 0.717) is 17.1 Å². The SMILES string of the molecule is CC(C)C[C@H]1N([C@H](c2ccccc2)[C@@H](O)c2ccccc2)[C@@H](C(=O)N(C)C)[C@H](c2ccccc2)[C@@]12C(=O)Nc1cc(Cl)ccc12.S.S. The number of rotatable bonds is 8. The lowest BCUT2D eigenvalue weighted by Gasteiger charge is -2.43. The van der Waals surface area contributed by atoms with Crippen LogP contribution in [0, 0.1) is 5.92 Å². The van der Waals surface area contributed by atoms with Crippen LogP contribution in [0.2, 0.25) is 5.02 Å². The van der Waals surface area contributed by atoms with E-state index >= 15 is 0 Å². The van der Waals surface area contributed by atoms with Crippen LogP contribution in [0.15, 0.2) is 109 Å². The molecule has 6 rings (SSSR count). The van der Waals surface area contributed by atoms with Gasteiger partial charge in [-0.25, -0.2) is 0 Å². The van der Waals surface area contributed by atoms with Crippen molar-refractivity contribution >= 4 is 56.1 Å². The van der Waals surface area contributed by atoms with Crippen molar-refractivity contribution in [1.29, 1.82) is 0 Å². The molecule has 0 saturated carbocycles. The molecule has 9 heteroatoms. The normalized spacial score (nSPS) is 23.0. The Morgan fingerprint density at radius 2 is 1.45 bits per heavy atom. The first-order valence-electron chi connectivity index (χ1n) is 15.6. The Morgan fingerprint density at radius 1 is 0.894 bits per heavy atom. The van der Waals surface area contributed by atoms with Gasteiger partial charge < -0.3 is 15.3 Å². The number of amides is 2. The van der Waals surface area contributed by atoms with Gasteiger partial charge in [0.25, 0.3) is 0 Å². The van der Waals surface area contributed by atoms with Crippen LogP contribution in [-0.4, -0.2) is 52.9 Å². The fraction of sp³-hybridized carbons (Fsp3) is 0.316. The molecule has 0 bridgehead atoms. The smallest absolute Gasteiger partial charge is 0.240 e. The highest BCUT2D eigenvalue weighted by Crippen LogP contribution is 2.62. The number of nitrogens with one attached hydrogen (secondary N) is 1. The van der Waals surface area contributed by atoms with Gasteiger partial charge in [-0.1, -0.05) is 123 Å². The van der Waals surface area contributed by atoms with Gasteiger partial charge in [-0.2, -0.15) is 27.0 Å². The molecule has 6 atom stereocenters. The summed E-state index contributed by atoms with van der Waals surface area (Å²) >= 11 is 6.47. The van der Waals surface area contributed by atoms with Gasteiger partial charge in [-0.15, -0.1) is 0 Å². The summed E-state index contributed by atoms with van der Waals surface area (Å²) in [6.07, 6.45) is -0.373. The van der Waals surface area contributed by atoms with Crippen LogP contribution in [0.4, 0.5) is 5.69 Å². The first-order valence-corrected chi connectivity index (χ1v) is 16.0. The number of halogens is 1. The molecule has 2 heterocycles. The Kier molecular flexibility index (Phi) is 11.6. The molecule has 1 saturated heterocycles. The van der Waals surface area contributed by atoms with Gasteiger partial charge in [0, 0.05) is 36.8 Å². The summed E-state index contributed by atoms with van der Waals surface area (Å²) in [6, 6.07) is 33.1. The standard InChI is InChI=1S/C38H40ClN3O3.2H2S/c1-24(2)22-31-38(29-21-20-28(39)23-30(29)40-37(38)45)32(25-14-8-5-9-15-25)34(36(44)41(3)4)42(31)33(26-16-10-6-11-17-26)35(43)27-18-12-7-13-19-27;;/h5-21,23-24,31-35,43H,22H2,1-4H3,(H,40,45);2*1H2/t31-,32+,33-,34-,35+,38+;;/m1../s1. The minimum absolute atomic E-state index is 0. The Balaban J connectivity index is 0.00000250. The molecule has 1 fully saturated rings. The number of benzene rings is 4. The van der Waals surface area contributed by atoms with Crippen molar-refractivity contribution in [3.8, 4) is 0 Å². The molecule has 0 aliphatic carbocycles. The summed E-state index contributed by atoms with van der Waals surface area (Å²) in [5.41, 5.74) is 2.86. The van der Waals surface area contributed by atoms with E-state index in [1.807, 2.05) is 103 Å². The molecule has 4 aromatic carbocycles. The Labute approximate surface area is 297 Å². The summed E-state index contributed by atoms with van der Waals surface area (Å²) in [6.45, 7) is 4.29. The van der Waals surface area contributed by atoms with Gasteiger partial charge >= 0.3 is 0 Å². The van der Waals surface area contributed by atoms with Crippen molar-refractivity contribution < 1.29 is 14.7 Å². The second-order valence-electron chi connectivity index (χ2n) is 12.9. The summed E-state index contributed by atoms with van der Waals surface area (Å²) < 4.78 is 0. The second-order valence-corrected chi connectivity index (χ2v) is 13.3. The van der Waals surface area contributed by atoms with E-state index < -0.39 is 35.6 Å². The molecule has 4 aromatic rings. The third-order valence-corrected chi connectivity index (χ3v) is 9.75. The Morgan fingerprint density at radius 3 is 2.00 bits per heavy atom. The number of carbonyl (C=O) groups is 2. The molecule has 0 radical (unpaired) electrons. The van der Waals surface area contributed by atoms with Crippen molar-refractivity contribution in [2.75, 3.05) is 19.4 Å². The fourth-order valence-corrected chi connectivity index (χ4v) is 7.96. The van der Waals surface area contributed by atoms with Crippen LogP contribution in [0.5, 0.6) is 0 Å². The van der Waals surface area contributed by atoms with E-state index in [9.17, 15) is 14.7 Å². The number of nitrogens with zero attached hydrogens (tertiary/aromatic N) is 2. The number of fused-ring (bicyclic) bond motifs is 2. The molecule has 0 unspecified atom stereocenters. The predicted molar refractivity (Wildman–Crippen MR) is 200 cm³/mol. The summed E-state index contributed by atoms with van der Waals surface area (Å²) in [5, 5.41) is 16.1. The highest BCUT2D eigenvalue weighted by atomic mass is 35.5. The number of aliphatic hydroxyl groups is 1. The van der Waals surface area contributed by atoms with Gasteiger partial charge in [0.15, 0.2) is 0 Å². The first-order chi connectivity index (χ1) is 21.7. The summed E-state index contributed by atoms with van der Waals surface area (Å²) in [7, 11) is 3.52. The highest BCUT2D eigenvalue weighted by molar-refractivity contribution is 7.59. The zero-order valence-electron chi connectivity index (χ0n) is 27.1. The molecule has 2 aliphatic heterocycles. The number of likely N-dealkylation sites (tertiary alicyclic amines) is 1. The zero-order valence-corrected chi connectivity index (χ0v) is 29.9. The maximum atomic E-state index is 14.9. The molecule has 248 valence electrons. The average Bonchev–Trinajstić information content (AvgIpc) is 3.48. The molecular weight excluding hydrogens is 646 g/mol. The molecular formula is C38H44ClN3O3S2. The lowest BCUT2D eigenvalue weighted by Crippen LogP contribution is -2.52. The second kappa shape index (κ2) is 14.9. The Hall–Kier alpha value is -3.27.